The summed E-state index contributed by atoms with van der Waals surface area (Å²) in [6.45, 7) is 2.34. The maximum absolute atomic E-state index is 12.0. The van der Waals surface area contributed by atoms with Crippen LogP contribution in [0.5, 0.6) is 0 Å². The van der Waals surface area contributed by atoms with E-state index >= 15 is 0 Å². The summed E-state index contributed by atoms with van der Waals surface area (Å²) >= 11 is 3.09. The van der Waals surface area contributed by atoms with Gasteiger partial charge in [-0.15, -0.1) is 12.4 Å². The van der Waals surface area contributed by atoms with Gasteiger partial charge in [-0.1, -0.05) is 0 Å². The second-order valence-corrected chi connectivity index (χ2v) is 5.86. The maximum Gasteiger partial charge on any atom is 0.276 e. The number of halogens is 2. The van der Waals surface area contributed by atoms with E-state index in [1.807, 2.05) is 0 Å². The Morgan fingerprint density at radius 2 is 1.94 bits per heavy atom. The standard InChI is InChI=1S/C8H11BrN2O3S.ClH/c9-7-1-2-8(14-7)15(12,13)11-5-3-10-4-6-11;/h1-2,10H,3-6H2;1H. The minimum absolute atomic E-state index is 0. The van der Waals surface area contributed by atoms with Gasteiger partial charge in [-0.25, -0.2) is 8.42 Å². The van der Waals surface area contributed by atoms with E-state index < -0.39 is 10.0 Å². The number of furan rings is 1. The normalized spacial score (nSPS) is 18.1. The number of sulfonamides is 1. The molecule has 0 amide bonds. The van der Waals surface area contributed by atoms with Crippen LogP contribution in [0.15, 0.2) is 26.3 Å². The predicted octanol–water partition coefficient (Wildman–Crippen LogP) is 1.06. The highest BCUT2D eigenvalue weighted by atomic mass is 79.9. The van der Waals surface area contributed by atoms with E-state index in [0.29, 0.717) is 30.8 Å². The lowest BCUT2D eigenvalue weighted by Gasteiger charge is -2.25. The third kappa shape index (κ3) is 2.78. The summed E-state index contributed by atoms with van der Waals surface area (Å²) in [5.41, 5.74) is 0. The van der Waals surface area contributed by atoms with Gasteiger partial charge in [-0.05, 0) is 28.1 Å². The second-order valence-electron chi connectivity index (χ2n) is 3.21. The Labute approximate surface area is 109 Å². The van der Waals surface area contributed by atoms with Crippen LogP contribution in [0.2, 0.25) is 0 Å². The topological polar surface area (TPSA) is 62.6 Å². The van der Waals surface area contributed by atoms with Crippen molar-refractivity contribution in [1.82, 2.24) is 9.62 Å². The lowest BCUT2D eigenvalue weighted by molar-refractivity contribution is 0.340. The third-order valence-corrected chi connectivity index (χ3v) is 4.42. The Hall–Kier alpha value is -0.0800. The van der Waals surface area contributed by atoms with Gasteiger partial charge in [0.2, 0.25) is 5.09 Å². The van der Waals surface area contributed by atoms with Crippen LogP contribution in [0.25, 0.3) is 0 Å². The molecule has 0 saturated carbocycles. The van der Waals surface area contributed by atoms with Crippen molar-refractivity contribution in [2.45, 2.75) is 5.09 Å². The third-order valence-electron chi connectivity index (χ3n) is 2.22. The van der Waals surface area contributed by atoms with E-state index in [1.54, 1.807) is 6.07 Å². The molecule has 0 radical (unpaired) electrons. The highest BCUT2D eigenvalue weighted by Crippen LogP contribution is 2.21. The lowest BCUT2D eigenvalue weighted by atomic mass is 10.4. The zero-order valence-electron chi connectivity index (χ0n) is 8.35. The van der Waals surface area contributed by atoms with Crippen LogP contribution >= 0.6 is 28.3 Å². The molecule has 0 aromatic carbocycles. The molecule has 1 saturated heterocycles. The van der Waals surface area contributed by atoms with E-state index in [-0.39, 0.29) is 17.5 Å². The van der Waals surface area contributed by atoms with Crippen molar-refractivity contribution in [3.63, 3.8) is 0 Å². The molecule has 0 spiro atoms. The first kappa shape index (κ1) is 14.0. The largest absolute Gasteiger partial charge is 0.437 e. The highest BCUT2D eigenvalue weighted by molar-refractivity contribution is 9.10. The Morgan fingerprint density at radius 3 is 2.44 bits per heavy atom. The number of nitrogens with one attached hydrogen (secondary N) is 1. The van der Waals surface area contributed by atoms with Gasteiger partial charge in [0.25, 0.3) is 10.0 Å². The van der Waals surface area contributed by atoms with Gasteiger partial charge in [-0.3, -0.25) is 0 Å². The molecule has 92 valence electrons. The quantitative estimate of drug-likeness (QED) is 0.880. The number of nitrogens with zero attached hydrogens (tertiary/aromatic N) is 1. The molecule has 0 bridgehead atoms. The van der Waals surface area contributed by atoms with Crippen molar-refractivity contribution in [2.75, 3.05) is 26.2 Å². The molecule has 16 heavy (non-hydrogen) atoms. The fourth-order valence-electron chi connectivity index (χ4n) is 1.45. The van der Waals surface area contributed by atoms with E-state index in [9.17, 15) is 8.42 Å². The highest BCUT2D eigenvalue weighted by Gasteiger charge is 2.28. The van der Waals surface area contributed by atoms with Crippen LogP contribution in [0.1, 0.15) is 0 Å². The molecular weight excluding hydrogens is 320 g/mol. The smallest absolute Gasteiger partial charge is 0.276 e. The van der Waals surface area contributed by atoms with Crippen LogP contribution < -0.4 is 5.32 Å². The molecule has 1 N–H and O–H groups in total. The Morgan fingerprint density at radius 1 is 1.31 bits per heavy atom. The van der Waals surface area contributed by atoms with Gasteiger partial charge >= 0.3 is 0 Å². The monoisotopic (exact) mass is 330 g/mol. The molecule has 0 atom stereocenters. The summed E-state index contributed by atoms with van der Waals surface area (Å²) in [5, 5.41) is 3.09. The SMILES string of the molecule is Cl.O=S(=O)(c1ccc(Br)o1)N1CCNCC1. The first-order chi connectivity index (χ1) is 7.10. The average Bonchev–Trinajstić information content (AvgIpc) is 2.67. The van der Waals surface area contributed by atoms with E-state index in [4.69, 9.17) is 4.42 Å². The van der Waals surface area contributed by atoms with Crippen molar-refractivity contribution >= 4 is 38.4 Å². The maximum atomic E-state index is 12.0. The molecule has 0 unspecified atom stereocenters. The Bertz CT molecular complexity index is 442. The molecule has 2 rings (SSSR count). The number of piperazine rings is 1. The molecule has 2 heterocycles. The number of rotatable bonds is 2. The van der Waals surface area contributed by atoms with E-state index in [1.165, 1.54) is 10.4 Å². The van der Waals surface area contributed by atoms with Gasteiger partial charge in [-0.2, -0.15) is 4.31 Å². The van der Waals surface area contributed by atoms with Gasteiger partial charge < -0.3 is 9.73 Å². The van der Waals surface area contributed by atoms with Gasteiger partial charge in [0.05, 0.1) is 0 Å². The van der Waals surface area contributed by atoms with Crippen LogP contribution in [-0.2, 0) is 10.0 Å². The summed E-state index contributed by atoms with van der Waals surface area (Å²) < 4.78 is 30.9. The second kappa shape index (κ2) is 5.50. The fraction of sp³-hybridized carbons (Fsp3) is 0.500. The van der Waals surface area contributed by atoms with Gasteiger partial charge in [0.15, 0.2) is 4.67 Å². The summed E-state index contributed by atoms with van der Waals surface area (Å²) in [5.74, 6) is 0. The van der Waals surface area contributed by atoms with Crippen molar-refractivity contribution in [3.05, 3.63) is 16.8 Å². The lowest BCUT2D eigenvalue weighted by Crippen LogP contribution is -2.46. The predicted molar refractivity (Wildman–Crippen MR) is 65.3 cm³/mol. The van der Waals surface area contributed by atoms with Gasteiger partial charge in [0, 0.05) is 26.2 Å². The minimum Gasteiger partial charge on any atom is -0.437 e. The zero-order valence-corrected chi connectivity index (χ0v) is 11.6. The first-order valence-corrected chi connectivity index (χ1v) is 6.80. The van der Waals surface area contributed by atoms with Crippen LogP contribution in [0, 0.1) is 0 Å². The van der Waals surface area contributed by atoms with Crippen LogP contribution in [0.4, 0.5) is 0 Å². The summed E-state index contributed by atoms with van der Waals surface area (Å²) in [6.07, 6.45) is 0. The van der Waals surface area contributed by atoms with E-state index in [2.05, 4.69) is 21.2 Å². The first-order valence-electron chi connectivity index (χ1n) is 4.57. The van der Waals surface area contributed by atoms with Crippen LogP contribution in [0.3, 0.4) is 0 Å². The Kier molecular flexibility index (Phi) is 4.81. The molecule has 1 fully saturated rings. The molecule has 0 aliphatic carbocycles. The zero-order chi connectivity index (χ0) is 10.9. The molecule has 5 nitrogen and oxygen atoms in total. The molecule has 1 aromatic heterocycles. The molecule has 1 aliphatic rings. The molecule has 1 aliphatic heterocycles. The van der Waals surface area contributed by atoms with Crippen molar-refractivity contribution in [2.24, 2.45) is 0 Å². The number of hydrogen-bond acceptors (Lipinski definition) is 4. The molecule has 8 heteroatoms. The number of hydrogen-bond donors (Lipinski definition) is 1. The molecular formula is C8H12BrClN2O3S. The fourth-order valence-corrected chi connectivity index (χ4v) is 3.21. The van der Waals surface area contributed by atoms with Crippen molar-refractivity contribution in [3.8, 4) is 0 Å². The Balaban J connectivity index is 0.00000128. The summed E-state index contributed by atoms with van der Waals surface area (Å²) in [4.78, 5) is 0. The van der Waals surface area contributed by atoms with E-state index in [0.717, 1.165) is 0 Å². The summed E-state index contributed by atoms with van der Waals surface area (Å²) in [6, 6.07) is 3.04. The van der Waals surface area contributed by atoms with Crippen molar-refractivity contribution < 1.29 is 12.8 Å². The van der Waals surface area contributed by atoms with Crippen LogP contribution in [-0.4, -0.2) is 38.9 Å². The molecule has 1 aromatic rings. The summed E-state index contributed by atoms with van der Waals surface area (Å²) in [7, 11) is -3.44. The minimum atomic E-state index is -3.44. The van der Waals surface area contributed by atoms with Crippen molar-refractivity contribution in [1.29, 1.82) is 0 Å². The average molecular weight is 332 g/mol. The van der Waals surface area contributed by atoms with Gasteiger partial charge in [0.1, 0.15) is 0 Å².